The van der Waals surface area contributed by atoms with Crippen LogP contribution in [0, 0.1) is 6.92 Å². The van der Waals surface area contributed by atoms with Gasteiger partial charge in [-0.3, -0.25) is 0 Å². The molecule has 90 valence electrons. The maximum Gasteiger partial charge on any atom is 0.0451 e. The Balaban J connectivity index is 2.30. The minimum absolute atomic E-state index is 0.827. The van der Waals surface area contributed by atoms with E-state index < -0.39 is 0 Å². The lowest BCUT2D eigenvalue weighted by Gasteiger charge is -2.07. The average Bonchev–Trinajstić information content (AvgIpc) is 2.75. The molecule has 0 bridgehead atoms. The Labute approximate surface area is 111 Å². The number of hydrogen-bond acceptors (Lipinski definition) is 2. The minimum Gasteiger partial charge on any atom is -0.313 e. The highest BCUT2D eigenvalue weighted by atomic mass is 35.5. The van der Waals surface area contributed by atoms with E-state index in [0.717, 1.165) is 23.7 Å². The molecule has 3 heteroatoms. The van der Waals surface area contributed by atoms with Crippen molar-refractivity contribution in [3.63, 3.8) is 0 Å². The predicted octanol–water partition coefficient (Wildman–Crippen LogP) is 4.49. The van der Waals surface area contributed by atoms with E-state index in [4.69, 9.17) is 11.6 Å². The van der Waals surface area contributed by atoms with Gasteiger partial charge in [-0.05, 0) is 48.9 Å². The molecule has 2 rings (SSSR count). The molecule has 0 saturated carbocycles. The predicted molar refractivity (Wildman–Crippen MR) is 76.9 cm³/mol. The average molecular weight is 266 g/mol. The van der Waals surface area contributed by atoms with Gasteiger partial charge in [0, 0.05) is 21.3 Å². The summed E-state index contributed by atoms with van der Waals surface area (Å²) in [6, 6.07) is 10.6. The summed E-state index contributed by atoms with van der Waals surface area (Å²) in [4.78, 5) is 2.64. The summed E-state index contributed by atoms with van der Waals surface area (Å²) in [6.07, 6.45) is 0. The number of hydrogen-bond donors (Lipinski definition) is 1. The van der Waals surface area contributed by atoms with Crippen LogP contribution in [-0.4, -0.2) is 6.54 Å². The van der Waals surface area contributed by atoms with Crippen molar-refractivity contribution in [2.45, 2.75) is 20.4 Å². The van der Waals surface area contributed by atoms with Crippen LogP contribution in [0.2, 0.25) is 5.02 Å². The summed E-state index contributed by atoms with van der Waals surface area (Å²) in [5, 5.41) is 4.14. The maximum atomic E-state index is 6.19. The molecule has 0 radical (unpaired) electrons. The molecule has 17 heavy (non-hydrogen) atoms. The number of aryl methyl sites for hydroxylation is 1. The van der Waals surface area contributed by atoms with Crippen LogP contribution in [0.5, 0.6) is 0 Å². The van der Waals surface area contributed by atoms with Gasteiger partial charge in [0.15, 0.2) is 0 Å². The van der Waals surface area contributed by atoms with Crippen molar-refractivity contribution < 1.29 is 0 Å². The molecular weight excluding hydrogens is 250 g/mol. The summed E-state index contributed by atoms with van der Waals surface area (Å²) in [5.41, 5.74) is 2.41. The van der Waals surface area contributed by atoms with Gasteiger partial charge in [0.1, 0.15) is 0 Å². The van der Waals surface area contributed by atoms with Gasteiger partial charge in [-0.1, -0.05) is 24.6 Å². The summed E-state index contributed by atoms with van der Waals surface area (Å²) < 4.78 is 0. The van der Waals surface area contributed by atoms with Crippen molar-refractivity contribution in [3.8, 4) is 10.4 Å². The fourth-order valence-corrected chi connectivity index (χ4v) is 2.76. The molecule has 0 atom stereocenters. The highest BCUT2D eigenvalue weighted by Crippen LogP contribution is 2.30. The molecule has 0 aliphatic heterocycles. The van der Waals surface area contributed by atoms with Gasteiger partial charge in [0.2, 0.25) is 0 Å². The fourth-order valence-electron chi connectivity index (χ4n) is 1.71. The van der Waals surface area contributed by atoms with Crippen LogP contribution in [0.4, 0.5) is 0 Å². The molecule has 1 nitrogen and oxygen atoms in total. The van der Waals surface area contributed by atoms with Crippen molar-refractivity contribution in [2.75, 3.05) is 6.54 Å². The molecule has 0 fully saturated rings. The maximum absolute atomic E-state index is 6.19. The van der Waals surface area contributed by atoms with Gasteiger partial charge in [0.25, 0.3) is 0 Å². The zero-order valence-corrected chi connectivity index (χ0v) is 11.7. The van der Waals surface area contributed by atoms with E-state index in [1.165, 1.54) is 15.3 Å². The molecule has 1 N–H and O–H groups in total. The zero-order chi connectivity index (χ0) is 12.3. The van der Waals surface area contributed by atoms with E-state index in [2.05, 4.69) is 43.4 Å². The second-order valence-electron chi connectivity index (χ2n) is 4.00. The highest BCUT2D eigenvalue weighted by molar-refractivity contribution is 7.15. The molecule has 0 saturated heterocycles. The van der Waals surface area contributed by atoms with Gasteiger partial charge < -0.3 is 5.32 Å². The van der Waals surface area contributed by atoms with Gasteiger partial charge in [-0.2, -0.15) is 0 Å². The lowest BCUT2D eigenvalue weighted by molar-refractivity contribution is 0.727. The third-order valence-electron chi connectivity index (χ3n) is 2.64. The van der Waals surface area contributed by atoms with E-state index in [9.17, 15) is 0 Å². The Kier molecular flexibility index (Phi) is 4.21. The minimum atomic E-state index is 0.827. The topological polar surface area (TPSA) is 12.0 Å². The Morgan fingerprint density at radius 2 is 2.06 bits per heavy atom. The molecule has 0 aliphatic carbocycles. The molecule has 0 aliphatic rings. The number of halogens is 1. The van der Waals surface area contributed by atoms with E-state index >= 15 is 0 Å². The second-order valence-corrected chi connectivity index (χ2v) is 5.69. The summed E-state index contributed by atoms with van der Waals surface area (Å²) >= 11 is 8.00. The highest BCUT2D eigenvalue weighted by Gasteiger charge is 2.05. The largest absolute Gasteiger partial charge is 0.313 e. The van der Waals surface area contributed by atoms with Crippen LogP contribution in [0.25, 0.3) is 10.4 Å². The molecule has 0 spiro atoms. The van der Waals surface area contributed by atoms with Crippen LogP contribution < -0.4 is 5.32 Å². The van der Waals surface area contributed by atoms with E-state index in [0.29, 0.717) is 0 Å². The third-order valence-corrected chi connectivity index (χ3v) is 4.05. The van der Waals surface area contributed by atoms with E-state index in [-0.39, 0.29) is 0 Å². The Hall–Kier alpha value is -0.830. The number of benzene rings is 1. The first kappa shape index (κ1) is 12.6. The van der Waals surface area contributed by atoms with Crippen LogP contribution in [-0.2, 0) is 6.54 Å². The molecule has 2 aromatic rings. The normalized spacial score (nSPS) is 10.8. The summed E-state index contributed by atoms with van der Waals surface area (Å²) in [6.45, 7) is 6.01. The van der Waals surface area contributed by atoms with Gasteiger partial charge in [-0.15, -0.1) is 11.3 Å². The molecular formula is C14H16ClNS. The Morgan fingerprint density at radius 3 is 2.71 bits per heavy atom. The first-order valence-electron chi connectivity index (χ1n) is 5.76. The standard InChI is InChI=1S/C14H16ClNS/c1-3-16-9-12-8-11(5-6-13(12)15)14-7-4-10(2)17-14/h4-8,16H,3,9H2,1-2H3. The van der Waals surface area contributed by atoms with E-state index in [1.807, 2.05) is 17.4 Å². The van der Waals surface area contributed by atoms with Gasteiger partial charge >= 0.3 is 0 Å². The number of thiophene rings is 1. The fraction of sp³-hybridized carbons (Fsp3) is 0.286. The number of rotatable bonds is 4. The zero-order valence-electron chi connectivity index (χ0n) is 10.1. The first-order chi connectivity index (χ1) is 8.20. The van der Waals surface area contributed by atoms with Gasteiger partial charge in [0.05, 0.1) is 0 Å². The Bertz CT molecular complexity index is 505. The first-order valence-corrected chi connectivity index (χ1v) is 6.96. The summed E-state index contributed by atoms with van der Waals surface area (Å²) in [5.74, 6) is 0. The van der Waals surface area contributed by atoms with Crippen molar-refractivity contribution in [2.24, 2.45) is 0 Å². The van der Waals surface area contributed by atoms with Crippen LogP contribution in [0.3, 0.4) is 0 Å². The molecule has 0 amide bonds. The van der Waals surface area contributed by atoms with Crippen molar-refractivity contribution in [1.29, 1.82) is 0 Å². The van der Waals surface area contributed by atoms with Crippen molar-refractivity contribution in [3.05, 3.63) is 45.8 Å². The van der Waals surface area contributed by atoms with Crippen LogP contribution >= 0.6 is 22.9 Å². The monoisotopic (exact) mass is 265 g/mol. The molecule has 1 heterocycles. The number of nitrogens with one attached hydrogen (secondary N) is 1. The Morgan fingerprint density at radius 1 is 1.24 bits per heavy atom. The van der Waals surface area contributed by atoms with E-state index in [1.54, 1.807) is 0 Å². The van der Waals surface area contributed by atoms with Crippen LogP contribution in [0.15, 0.2) is 30.3 Å². The molecule has 1 aromatic heterocycles. The smallest absolute Gasteiger partial charge is 0.0451 e. The second kappa shape index (κ2) is 5.67. The third kappa shape index (κ3) is 3.09. The lowest BCUT2D eigenvalue weighted by Crippen LogP contribution is -2.12. The van der Waals surface area contributed by atoms with Crippen LogP contribution in [0.1, 0.15) is 17.4 Å². The van der Waals surface area contributed by atoms with Gasteiger partial charge in [-0.25, -0.2) is 0 Å². The molecule has 1 aromatic carbocycles. The lowest BCUT2D eigenvalue weighted by atomic mass is 10.1. The van der Waals surface area contributed by atoms with Crippen molar-refractivity contribution >= 4 is 22.9 Å². The molecule has 0 unspecified atom stereocenters. The SMILES string of the molecule is CCNCc1cc(-c2ccc(C)s2)ccc1Cl. The summed E-state index contributed by atoms with van der Waals surface area (Å²) in [7, 11) is 0. The van der Waals surface area contributed by atoms with Crippen molar-refractivity contribution in [1.82, 2.24) is 5.32 Å². The quantitative estimate of drug-likeness (QED) is 0.859.